The molecule has 156 valence electrons. The summed E-state index contributed by atoms with van der Waals surface area (Å²) < 4.78 is 11.7. The Hall–Kier alpha value is -2.87. The molecular formula is C22H22N2O5S. The largest absolute Gasteiger partial charge is 0.504 e. The van der Waals surface area contributed by atoms with Gasteiger partial charge in [-0.15, -0.1) is 11.3 Å². The van der Waals surface area contributed by atoms with Crippen molar-refractivity contribution in [1.82, 2.24) is 4.98 Å². The molecular weight excluding hydrogens is 404 g/mol. The molecule has 30 heavy (non-hydrogen) atoms. The lowest BCUT2D eigenvalue weighted by molar-refractivity contribution is -0.131. The number of carbonyl (C=O) groups is 2. The molecule has 3 heterocycles. The first-order valence-electron chi connectivity index (χ1n) is 10.2. The molecule has 1 saturated carbocycles. The molecule has 2 aliphatic heterocycles. The number of hydrogen-bond acceptors (Lipinski definition) is 7. The van der Waals surface area contributed by atoms with Crippen molar-refractivity contribution in [3.8, 4) is 11.5 Å². The fraction of sp³-hybridized carbons (Fsp3) is 0.409. The number of phenolic OH excluding ortho intramolecular Hbond substituents is 1. The second kappa shape index (κ2) is 7.43. The van der Waals surface area contributed by atoms with Crippen LogP contribution in [0.15, 0.2) is 41.1 Å². The van der Waals surface area contributed by atoms with E-state index in [0.29, 0.717) is 28.6 Å². The number of aromatic nitrogens is 1. The minimum atomic E-state index is -0.658. The van der Waals surface area contributed by atoms with Crippen molar-refractivity contribution in [2.24, 2.45) is 5.92 Å². The van der Waals surface area contributed by atoms with Gasteiger partial charge in [0.25, 0.3) is 5.91 Å². The van der Waals surface area contributed by atoms with E-state index >= 15 is 0 Å². The monoisotopic (exact) mass is 426 g/mol. The smallest absolute Gasteiger partial charge is 0.296 e. The zero-order valence-corrected chi connectivity index (χ0v) is 17.4. The average Bonchev–Trinajstić information content (AvgIpc) is 3.37. The molecule has 3 aliphatic rings. The van der Waals surface area contributed by atoms with Gasteiger partial charge in [-0.25, -0.2) is 4.98 Å². The van der Waals surface area contributed by atoms with Crippen molar-refractivity contribution in [2.45, 2.75) is 44.8 Å². The Bertz CT molecular complexity index is 1030. The molecule has 1 aromatic heterocycles. The molecule has 0 bridgehead atoms. The van der Waals surface area contributed by atoms with E-state index in [-0.39, 0.29) is 35.2 Å². The van der Waals surface area contributed by atoms with E-state index in [0.717, 1.165) is 25.7 Å². The van der Waals surface area contributed by atoms with Crippen molar-refractivity contribution >= 4 is 28.2 Å². The molecule has 0 spiro atoms. The number of anilines is 1. The number of benzene rings is 1. The fourth-order valence-corrected chi connectivity index (χ4v) is 5.33. The van der Waals surface area contributed by atoms with Gasteiger partial charge in [0, 0.05) is 11.6 Å². The highest BCUT2D eigenvalue weighted by atomic mass is 32.1. The minimum absolute atomic E-state index is 0.00982. The molecule has 5 rings (SSSR count). The van der Waals surface area contributed by atoms with Crippen molar-refractivity contribution in [2.75, 3.05) is 11.5 Å². The van der Waals surface area contributed by atoms with Crippen LogP contribution < -0.4 is 9.64 Å². The van der Waals surface area contributed by atoms with Crippen LogP contribution in [0.3, 0.4) is 0 Å². The van der Waals surface area contributed by atoms with Crippen LogP contribution in [-0.4, -0.2) is 34.5 Å². The number of ketones is 1. The number of fused-ring (bicyclic) bond motifs is 1. The van der Waals surface area contributed by atoms with Crippen LogP contribution in [0.1, 0.15) is 44.2 Å². The van der Waals surface area contributed by atoms with Gasteiger partial charge >= 0.3 is 0 Å². The Morgan fingerprint density at radius 3 is 2.90 bits per heavy atom. The van der Waals surface area contributed by atoms with E-state index in [1.54, 1.807) is 23.7 Å². The summed E-state index contributed by atoms with van der Waals surface area (Å²) in [6, 6.07) is 4.27. The standard InChI is InChI=1S/C22H22N2O5S/c1-2-28-16-11-12(7-8-14(16)25)18-17-19(26)13-5-3-4-6-15(13)29-20(17)21(27)24(18)22-23-9-10-30-22/h7-11,13,15,18,25H,2-6H2,1H3. The summed E-state index contributed by atoms with van der Waals surface area (Å²) in [4.78, 5) is 32.8. The van der Waals surface area contributed by atoms with Gasteiger partial charge in [-0.1, -0.05) is 12.5 Å². The first-order valence-corrected chi connectivity index (χ1v) is 11.1. The van der Waals surface area contributed by atoms with E-state index in [2.05, 4.69) is 4.98 Å². The van der Waals surface area contributed by atoms with Crippen LogP contribution in [-0.2, 0) is 14.3 Å². The molecule has 1 amide bonds. The average molecular weight is 426 g/mol. The van der Waals surface area contributed by atoms with Crippen molar-refractivity contribution < 1.29 is 24.2 Å². The Kier molecular flexibility index (Phi) is 4.73. The second-order valence-corrected chi connectivity index (χ2v) is 8.58. The first-order chi connectivity index (χ1) is 14.6. The van der Waals surface area contributed by atoms with Crippen LogP contribution in [0.5, 0.6) is 11.5 Å². The number of nitrogens with zero attached hydrogens (tertiary/aromatic N) is 2. The predicted octanol–water partition coefficient (Wildman–Crippen LogP) is 3.75. The zero-order valence-electron chi connectivity index (χ0n) is 16.5. The van der Waals surface area contributed by atoms with Gasteiger partial charge in [-0.05, 0) is 43.9 Å². The van der Waals surface area contributed by atoms with E-state index < -0.39 is 6.04 Å². The Morgan fingerprint density at radius 2 is 2.13 bits per heavy atom. The van der Waals surface area contributed by atoms with Crippen LogP contribution in [0.25, 0.3) is 0 Å². The van der Waals surface area contributed by atoms with Gasteiger partial charge in [0.1, 0.15) is 6.10 Å². The number of thiazole rings is 1. The van der Waals surface area contributed by atoms with Crippen LogP contribution in [0.4, 0.5) is 5.13 Å². The van der Waals surface area contributed by atoms with Crippen molar-refractivity contribution in [3.63, 3.8) is 0 Å². The molecule has 7 nitrogen and oxygen atoms in total. The number of carbonyl (C=O) groups excluding carboxylic acids is 2. The number of phenols is 1. The van der Waals surface area contributed by atoms with Gasteiger partial charge in [0.15, 0.2) is 28.2 Å². The predicted molar refractivity (Wildman–Crippen MR) is 110 cm³/mol. The molecule has 1 aromatic carbocycles. The maximum Gasteiger partial charge on any atom is 0.296 e. The van der Waals surface area contributed by atoms with E-state index in [9.17, 15) is 14.7 Å². The summed E-state index contributed by atoms with van der Waals surface area (Å²) in [7, 11) is 0. The third-order valence-electron chi connectivity index (χ3n) is 5.99. The highest BCUT2D eigenvalue weighted by molar-refractivity contribution is 7.13. The number of Topliss-reactive ketones (excluding diaryl/α,β-unsaturated/α-hetero) is 1. The third kappa shape index (κ3) is 2.89. The molecule has 3 unspecified atom stereocenters. The van der Waals surface area contributed by atoms with Crippen molar-refractivity contribution in [3.05, 3.63) is 46.7 Å². The molecule has 2 aromatic rings. The Labute approximate surface area is 177 Å². The molecule has 3 atom stereocenters. The molecule has 0 saturated heterocycles. The fourth-order valence-electron chi connectivity index (χ4n) is 4.66. The van der Waals surface area contributed by atoms with Gasteiger partial charge in [-0.2, -0.15) is 0 Å². The maximum absolute atomic E-state index is 13.5. The molecule has 1 fully saturated rings. The number of rotatable bonds is 4. The normalized spacial score (nSPS) is 25.8. The lowest BCUT2D eigenvalue weighted by atomic mass is 9.77. The van der Waals surface area contributed by atoms with Crippen LogP contribution in [0, 0.1) is 5.92 Å². The SMILES string of the molecule is CCOc1cc(C2C3=C(OC4CCCCC4C3=O)C(=O)N2c2nccs2)ccc1O. The summed E-state index contributed by atoms with van der Waals surface area (Å²) >= 11 is 1.33. The quantitative estimate of drug-likeness (QED) is 0.801. The van der Waals surface area contributed by atoms with Crippen LogP contribution in [0.2, 0.25) is 0 Å². The highest BCUT2D eigenvalue weighted by Gasteiger charge is 2.53. The number of ether oxygens (including phenoxy) is 2. The lowest BCUT2D eigenvalue weighted by Gasteiger charge is -2.35. The number of aromatic hydroxyl groups is 1. The number of amides is 1. The molecule has 1 aliphatic carbocycles. The van der Waals surface area contributed by atoms with Gasteiger partial charge in [0.2, 0.25) is 0 Å². The highest BCUT2D eigenvalue weighted by Crippen LogP contribution is 2.49. The first kappa shape index (κ1) is 19.1. The molecule has 1 N–H and O–H groups in total. The van der Waals surface area contributed by atoms with E-state index in [1.807, 2.05) is 6.92 Å². The second-order valence-electron chi connectivity index (χ2n) is 7.71. The third-order valence-corrected chi connectivity index (χ3v) is 6.76. The van der Waals surface area contributed by atoms with Crippen molar-refractivity contribution in [1.29, 1.82) is 0 Å². The zero-order chi connectivity index (χ0) is 20.8. The Balaban J connectivity index is 1.65. The maximum atomic E-state index is 13.5. The minimum Gasteiger partial charge on any atom is -0.504 e. The topological polar surface area (TPSA) is 89.0 Å². The van der Waals surface area contributed by atoms with Gasteiger partial charge < -0.3 is 14.6 Å². The lowest BCUT2D eigenvalue weighted by Crippen LogP contribution is -2.39. The van der Waals surface area contributed by atoms with E-state index in [1.165, 1.54) is 22.3 Å². The molecule has 8 heteroatoms. The van der Waals surface area contributed by atoms with Gasteiger partial charge in [0.05, 0.1) is 24.1 Å². The summed E-state index contributed by atoms with van der Waals surface area (Å²) in [5.41, 5.74) is 1.07. The molecule has 0 radical (unpaired) electrons. The summed E-state index contributed by atoms with van der Waals surface area (Å²) in [6.45, 7) is 2.21. The summed E-state index contributed by atoms with van der Waals surface area (Å²) in [5, 5.41) is 12.4. The van der Waals surface area contributed by atoms with Crippen LogP contribution >= 0.6 is 11.3 Å². The summed E-state index contributed by atoms with van der Waals surface area (Å²) in [5.74, 6) is -0.0894. The Morgan fingerprint density at radius 1 is 1.30 bits per heavy atom. The van der Waals surface area contributed by atoms with E-state index in [4.69, 9.17) is 9.47 Å². The number of hydrogen-bond donors (Lipinski definition) is 1. The van der Waals surface area contributed by atoms with Gasteiger partial charge in [-0.3, -0.25) is 14.5 Å². The summed E-state index contributed by atoms with van der Waals surface area (Å²) in [6.07, 6.45) is 4.95.